The summed E-state index contributed by atoms with van der Waals surface area (Å²) in [5.41, 5.74) is 2.71. The Hall–Kier alpha value is -2.75. The summed E-state index contributed by atoms with van der Waals surface area (Å²) in [6, 6.07) is 18.7. The topological polar surface area (TPSA) is 80.5 Å². The molecule has 0 saturated carbocycles. The minimum Gasteiger partial charge on any atom is -0.319 e. The first-order chi connectivity index (χ1) is 14.7. The maximum Gasteiger partial charge on any atom is 0.279 e. The first kappa shape index (κ1) is 21.5. The van der Waals surface area contributed by atoms with E-state index in [1.807, 2.05) is 36.7 Å². The van der Waals surface area contributed by atoms with Crippen molar-refractivity contribution in [1.29, 1.82) is 0 Å². The van der Waals surface area contributed by atoms with Gasteiger partial charge in [0.2, 0.25) is 0 Å². The van der Waals surface area contributed by atoms with Gasteiger partial charge in [-0.15, -0.1) is 0 Å². The number of hydrogen-bond donors (Lipinski definition) is 1. The van der Waals surface area contributed by atoms with Crippen molar-refractivity contribution in [1.82, 2.24) is 4.57 Å². The lowest BCUT2D eigenvalue weighted by molar-refractivity contribution is 0.0998. The van der Waals surface area contributed by atoms with Crippen LogP contribution < -0.4 is 9.52 Å². The van der Waals surface area contributed by atoms with Crippen molar-refractivity contribution in [2.45, 2.75) is 11.8 Å². The molecule has 0 fully saturated rings. The van der Waals surface area contributed by atoms with E-state index in [1.54, 1.807) is 48.5 Å². The third-order valence-electron chi connectivity index (χ3n) is 4.68. The van der Waals surface area contributed by atoms with Gasteiger partial charge in [0, 0.05) is 22.8 Å². The molecule has 0 aliphatic rings. The molecule has 0 radical (unpaired) electrons. The van der Waals surface area contributed by atoms with Crippen molar-refractivity contribution in [3.8, 4) is 0 Å². The molecule has 6 nitrogen and oxygen atoms in total. The summed E-state index contributed by atoms with van der Waals surface area (Å²) in [4.78, 5) is 17.6. The minimum atomic E-state index is -3.70. The Morgan fingerprint density at radius 1 is 1.03 bits per heavy atom. The van der Waals surface area contributed by atoms with Gasteiger partial charge in [0.05, 0.1) is 15.1 Å². The average Bonchev–Trinajstić information content (AvgIpc) is 3.03. The number of carbonyl (C=O) groups excluding carboxylic acids is 1. The van der Waals surface area contributed by atoms with Crippen molar-refractivity contribution in [3.63, 3.8) is 0 Å². The van der Waals surface area contributed by atoms with Gasteiger partial charge in [-0.25, -0.2) is 8.42 Å². The first-order valence-corrected chi connectivity index (χ1v) is 12.4. The molecule has 1 N–H and O–H groups in total. The lowest BCUT2D eigenvalue weighted by atomic mass is 10.2. The second-order valence-electron chi connectivity index (χ2n) is 6.97. The lowest BCUT2D eigenvalue weighted by Gasteiger charge is -2.08. The number of rotatable bonds is 4. The smallest absolute Gasteiger partial charge is 0.279 e. The van der Waals surface area contributed by atoms with Crippen molar-refractivity contribution in [2.75, 3.05) is 4.72 Å². The Labute approximate surface area is 192 Å². The lowest BCUT2D eigenvalue weighted by Crippen LogP contribution is -2.14. The Balaban J connectivity index is 1.57. The largest absolute Gasteiger partial charge is 0.319 e. The molecule has 31 heavy (non-hydrogen) atoms. The quantitative estimate of drug-likeness (QED) is 0.421. The van der Waals surface area contributed by atoms with Crippen molar-refractivity contribution >= 4 is 59.1 Å². The molecule has 0 aliphatic heterocycles. The standard InChI is InChI=1S/C22H18BrN3O3S2/c1-14-3-10-18(11-4-14)31(28,29)25-17-8-5-15(6-9-17)21(27)24-22-26(2)19-12-7-16(23)13-20(19)30-22/h3-13,25H,1-2H3. The van der Waals surface area contributed by atoms with Gasteiger partial charge in [0.25, 0.3) is 15.9 Å². The number of halogens is 1. The van der Waals surface area contributed by atoms with Crippen LogP contribution in [0.5, 0.6) is 0 Å². The number of anilines is 1. The van der Waals surface area contributed by atoms with E-state index < -0.39 is 15.9 Å². The summed E-state index contributed by atoms with van der Waals surface area (Å²) in [5.74, 6) is -0.394. The first-order valence-electron chi connectivity index (χ1n) is 9.27. The maximum atomic E-state index is 12.6. The maximum absolute atomic E-state index is 12.6. The van der Waals surface area contributed by atoms with Gasteiger partial charge in [-0.2, -0.15) is 4.99 Å². The van der Waals surface area contributed by atoms with Gasteiger partial charge in [0.15, 0.2) is 4.80 Å². The van der Waals surface area contributed by atoms with Crippen LogP contribution in [0.1, 0.15) is 15.9 Å². The molecule has 3 aromatic carbocycles. The highest BCUT2D eigenvalue weighted by molar-refractivity contribution is 9.10. The highest BCUT2D eigenvalue weighted by atomic mass is 79.9. The zero-order chi connectivity index (χ0) is 22.2. The van der Waals surface area contributed by atoms with Crippen LogP contribution in [0.25, 0.3) is 10.2 Å². The van der Waals surface area contributed by atoms with Gasteiger partial charge < -0.3 is 4.57 Å². The SMILES string of the molecule is Cc1ccc(S(=O)(=O)Nc2ccc(C(=O)N=c3sc4cc(Br)ccc4n3C)cc2)cc1. The summed E-state index contributed by atoms with van der Waals surface area (Å²) >= 11 is 4.87. The molecule has 1 amide bonds. The highest BCUT2D eigenvalue weighted by Crippen LogP contribution is 2.22. The molecule has 4 aromatic rings. The number of thiazole rings is 1. The number of aryl methyl sites for hydroxylation is 2. The second kappa shape index (κ2) is 8.41. The molecule has 1 heterocycles. The molecule has 0 unspecified atom stereocenters. The normalized spacial score (nSPS) is 12.3. The zero-order valence-electron chi connectivity index (χ0n) is 16.7. The van der Waals surface area contributed by atoms with E-state index in [-0.39, 0.29) is 4.90 Å². The Morgan fingerprint density at radius 3 is 2.39 bits per heavy atom. The molecule has 0 atom stereocenters. The summed E-state index contributed by atoms with van der Waals surface area (Å²) in [6.45, 7) is 1.89. The van der Waals surface area contributed by atoms with E-state index in [0.717, 1.165) is 20.3 Å². The molecule has 0 bridgehead atoms. The van der Waals surface area contributed by atoms with Gasteiger partial charge in [-0.3, -0.25) is 9.52 Å². The number of benzene rings is 3. The zero-order valence-corrected chi connectivity index (χ0v) is 19.9. The summed E-state index contributed by atoms with van der Waals surface area (Å²) in [5, 5.41) is 0. The fourth-order valence-electron chi connectivity index (χ4n) is 2.98. The van der Waals surface area contributed by atoms with Crippen LogP contribution in [-0.2, 0) is 17.1 Å². The number of aromatic nitrogens is 1. The minimum absolute atomic E-state index is 0.178. The van der Waals surface area contributed by atoms with Crippen LogP contribution >= 0.6 is 27.3 Å². The predicted octanol–water partition coefficient (Wildman–Crippen LogP) is 4.85. The average molecular weight is 516 g/mol. The highest BCUT2D eigenvalue weighted by Gasteiger charge is 2.14. The number of amides is 1. The van der Waals surface area contributed by atoms with Gasteiger partial charge in [-0.05, 0) is 61.5 Å². The van der Waals surface area contributed by atoms with Crippen LogP contribution in [0.4, 0.5) is 5.69 Å². The molecule has 0 saturated heterocycles. The van der Waals surface area contributed by atoms with Crippen LogP contribution in [0.2, 0.25) is 0 Å². The van der Waals surface area contributed by atoms with E-state index in [1.165, 1.54) is 11.3 Å². The molecular weight excluding hydrogens is 498 g/mol. The Kier molecular flexibility index (Phi) is 5.83. The van der Waals surface area contributed by atoms with E-state index >= 15 is 0 Å². The van der Waals surface area contributed by atoms with E-state index in [0.29, 0.717) is 16.1 Å². The fraction of sp³-hybridized carbons (Fsp3) is 0.0909. The van der Waals surface area contributed by atoms with Gasteiger partial charge in [0.1, 0.15) is 0 Å². The molecule has 0 aliphatic carbocycles. The number of carbonyl (C=O) groups is 1. The van der Waals surface area contributed by atoms with Crippen LogP contribution in [0.3, 0.4) is 0 Å². The number of sulfonamides is 1. The Morgan fingerprint density at radius 2 is 1.71 bits per heavy atom. The van der Waals surface area contributed by atoms with Gasteiger partial charge >= 0.3 is 0 Å². The van der Waals surface area contributed by atoms with Crippen molar-refractivity contribution in [3.05, 3.63) is 87.1 Å². The predicted molar refractivity (Wildman–Crippen MR) is 127 cm³/mol. The van der Waals surface area contributed by atoms with Crippen molar-refractivity contribution < 1.29 is 13.2 Å². The summed E-state index contributed by atoms with van der Waals surface area (Å²) in [6.07, 6.45) is 0. The Bertz CT molecular complexity index is 1450. The molecule has 158 valence electrons. The van der Waals surface area contributed by atoms with Crippen molar-refractivity contribution in [2.24, 2.45) is 12.0 Å². The molecule has 0 spiro atoms. The molecular formula is C22H18BrN3O3S2. The molecule has 9 heteroatoms. The second-order valence-corrected chi connectivity index (χ2v) is 10.6. The van der Waals surface area contributed by atoms with E-state index in [9.17, 15) is 13.2 Å². The third-order valence-corrected chi connectivity index (χ3v) is 7.67. The number of hydrogen-bond acceptors (Lipinski definition) is 4. The summed E-state index contributed by atoms with van der Waals surface area (Å²) < 4.78 is 31.4. The molecule has 1 aromatic heterocycles. The fourth-order valence-corrected chi connectivity index (χ4v) is 5.61. The number of nitrogens with zero attached hydrogens (tertiary/aromatic N) is 2. The third kappa shape index (κ3) is 4.63. The number of nitrogens with one attached hydrogen (secondary N) is 1. The number of fused-ring (bicyclic) bond motifs is 1. The van der Waals surface area contributed by atoms with Crippen LogP contribution in [-0.4, -0.2) is 18.9 Å². The monoisotopic (exact) mass is 515 g/mol. The molecule has 4 rings (SSSR count). The van der Waals surface area contributed by atoms with E-state index in [2.05, 4.69) is 25.6 Å². The van der Waals surface area contributed by atoms with Gasteiger partial charge in [-0.1, -0.05) is 45.0 Å². The summed E-state index contributed by atoms with van der Waals surface area (Å²) in [7, 11) is -1.84. The van der Waals surface area contributed by atoms with E-state index in [4.69, 9.17) is 0 Å². The van der Waals surface area contributed by atoms with Crippen LogP contribution in [0, 0.1) is 6.92 Å². The van der Waals surface area contributed by atoms with Crippen LogP contribution in [0.15, 0.2) is 81.1 Å².